The zero-order valence-electron chi connectivity index (χ0n) is 13.6. The Morgan fingerprint density at radius 1 is 1.48 bits per heavy atom. The van der Waals surface area contributed by atoms with Crippen LogP contribution in [0.4, 0.5) is 5.82 Å². The van der Waals surface area contributed by atoms with Gasteiger partial charge in [0.25, 0.3) is 0 Å². The molecule has 3 rings (SSSR count). The van der Waals surface area contributed by atoms with Crippen LogP contribution in [0.15, 0.2) is 17.1 Å². The van der Waals surface area contributed by atoms with E-state index in [0.29, 0.717) is 30.0 Å². The highest BCUT2D eigenvalue weighted by molar-refractivity contribution is 5.25. The Hall–Kier alpha value is -2.22. The molecule has 0 aliphatic carbocycles. The second-order valence-electron chi connectivity index (χ2n) is 6.22. The summed E-state index contributed by atoms with van der Waals surface area (Å²) in [7, 11) is 0. The van der Waals surface area contributed by atoms with Gasteiger partial charge in [-0.3, -0.25) is 4.57 Å². The highest BCUT2D eigenvalue weighted by Crippen LogP contribution is 2.33. The molecule has 3 heterocycles. The molecule has 0 unspecified atom stereocenters. The summed E-state index contributed by atoms with van der Waals surface area (Å²) < 4.78 is 8.87. The third-order valence-corrected chi connectivity index (χ3v) is 4.07. The van der Waals surface area contributed by atoms with Gasteiger partial charge in [-0.2, -0.15) is 5.10 Å². The lowest BCUT2D eigenvalue weighted by molar-refractivity contribution is 0.0825. The molecule has 1 fully saturated rings. The van der Waals surface area contributed by atoms with Crippen LogP contribution in [0.5, 0.6) is 0 Å². The lowest BCUT2D eigenvalue weighted by Gasteiger charge is -2.16. The minimum absolute atomic E-state index is 0.00408. The van der Waals surface area contributed by atoms with Crippen LogP contribution < -0.4 is 11.4 Å². The molecule has 0 aromatic carbocycles. The van der Waals surface area contributed by atoms with Crippen molar-refractivity contribution in [2.45, 2.75) is 45.9 Å². The first kappa shape index (κ1) is 15.7. The summed E-state index contributed by atoms with van der Waals surface area (Å²) in [6.07, 6.45) is 2.40. The molecular weight excluding hydrogens is 296 g/mol. The predicted molar refractivity (Wildman–Crippen MR) is 84.9 cm³/mol. The molecular formula is C15H22N6O2. The average molecular weight is 318 g/mol. The molecule has 23 heavy (non-hydrogen) atoms. The second kappa shape index (κ2) is 6.11. The molecule has 8 nitrogen and oxygen atoms in total. The maximum atomic E-state index is 12.7. The quantitative estimate of drug-likeness (QED) is 0.907. The number of ether oxygens (including phenoxy) is 1. The number of nitrogens with two attached hydrogens (primary N) is 1. The Balaban J connectivity index is 2.00. The van der Waals surface area contributed by atoms with E-state index >= 15 is 0 Å². The van der Waals surface area contributed by atoms with E-state index in [-0.39, 0.29) is 24.4 Å². The topological polar surface area (TPSA) is 101 Å². The van der Waals surface area contributed by atoms with E-state index in [1.54, 1.807) is 16.8 Å². The minimum atomic E-state index is -0.177. The smallest absolute Gasteiger partial charge is 0.346 e. The number of hydrogen-bond donors (Lipinski definition) is 1. The van der Waals surface area contributed by atoms with Crippen LogP contribution >= 0.6 is 0 Å². The van der Waals surface area contributed by atoms with Crippen LogP contribution in [-0.4, -0.2) is 30.9 Å². The average Bonchev–Trinajstić information content (AvgIpc) is 3.03. The molecule has 2 N–H and O–H groups in total. The monoisotopic (exact) mass is 318 g/mol. The van der Waals surface area contributed by atoms with Gasteiger partial charge < -0.3 is 10.5 Å². The van der Waals surface area contributed by atoms with E-state index in [9.17, 15) is 4.79 Å². The third kappa shape index (κ3) is 2.98. The lowest BCUT2D eigenvalue weighted by atomic mass is 10.0. The highest BCUT2D eigenvalue weighted by Gasteiger charge is 2.32. The minimum Gasteiger partial charge on any atom is -0.384 e. The molecule has 2 aromatic heterocycles. The lowest BCUT2D eigenvalue weighted by Crippen LogP contribution is -2.28. The SMILES string of the molecule is CC(C)n1c([C@H]2OCC[C@H]2C)nn(Cc2nccc(N)n2)c1=O. The van der Waals surface area contributed by atoms with Gasteiger partial charge >= 0.3 is 5.69 Å². The molecule has 1 aliphatic heterocycles. The van der Waals surface area contributed by atoms with Crippen LogP contribution in [0.2, 0.25) is 0 Å². The molecule has 2 atom stereocenters. The molecule has 0 spiro atoms. The van der Waals surface area contributed by atoms with Gasteiger partial charge in [0, 0.05) is 18.8 Å². The Labute approximate surface area is 134 Å². The van der Waals surface area contributed by atoms with Gasteiger partial charge in [-0.1, -0.05) is 6.92 Å². The summed E-state index contributed by atoms with van der Waals surface area (Å²) in [5.74, 6) is 1.86. The Bertz CT molecular complexity index is 751. The molecule has 8 heteroatoms. The summed E-state index contributed by atoms with van der Waals surface area (Å²) in [6, 6.07) is 1.61. The largest absolute Gasteiger partial charge is 0.384 e. The van der Waals surface area contributed by atoms with Crippen molar-refractivity contribution in [2.24, 2.45) is 5.92 Å². The van der Waals surface area contributed by atoms with Gasteiger partial charge in [0.2, 0.25) is 0 Å². The number of aromatic nitrogens is 5. The summed E-state index contributed by atoms with van der Waals surface area (Å²) in [5.41, 5.74) is 5.49. The van der Waals surface area contributed by atoms with Crippen molar-refractivity contribution in [3.05, 3.63) is 34.4 Å². The zero-order chi connectivity index (χ0) is 16.6. The van der Waals surface area contributed by atoms with E-state index in [0.717, 1.165) is 6.42 Å². The zero-order valence-corrected chi connectivity index (χ0v) is 13.6. The van der Waals surface area contributed by atoms with Crippen molar-refractivity contribution in [1.29, 1.82) is 0 Å². The van der Waals surface area contributed by atoms with Gasteiger partial charge in [0.15, 0.2) is 11.6 Å². The fourth-order valence-corrected chi connectivity index (χ4v) is 2.87. The van der Waals surface area contributed by atoms with Gasteiger partial charge in [0.05, 0.1) is 0 Å². The molecule has 0 saturated carbocycles. The Kier molecular flexibility index (Phi) is 4.16. The first-order chi connectivity index (χ1) is 11.0. The molecule has 1 aliphatic rings. The van der Waals surface area contributed by atoms with Gasteiger partial charge in [-0.25, -0.2) is 19.4 Å². The first-order valence-electron chi connectivity index (χ1n) is 7.85. The molecule has 0 bridgehead atoms. The van der Waals surface area contributed by atoms with E-state index in [1.165, 1.54) is 4.68 Å². The second-order valence-corrected chi connectivity index (χ2v) is 6.22. The fraction of sp³-hybridized carbons (Fsp3) is 0.600. The van der Waals surface area contributed by atoms with Gasteiger partial charge in [0.1, 0.15) is 18.5 Å². The molecule has 2 aromatic rings. The predicted octanol–water partition coefficient (Wildman–Crippen LogP) is 1.14. The molecule has 124 valence electrons. The maximum Gasteiger partial charge on any atom is 0.346 e. The van der Waals surface area contributed by atoms with Gasteiger partial charge in [-0.05, 0) is 32.3 Å². The normalized spacial score (nSPS) is 21.2. The van der Waals surface area contributed by atoms with Gasteiger partial charge in [-0.15, -0.1) is 0 Å². The van der Waals surface area contributed by atoms with E-state index < -0.39 is 0 Å². The van der Waals surface area contributed by atoms with Crippen LogP contribution in [0.25, 0.3) is 0 Å². The Morgan fingerprint density at radius 3 is 2.87 bits per heavy atom. The van der Waals surface area contributed by atoms with Crippen molar-refractivity contribution in [2.75, 3.05) is 12.3 Å². The van der Waals surface area contributed by atoms with Crippen molar-refractivity contribution in [3.63, 3.8) is 0 Å². The molecule has 1 saturated heterocycles. The number of nitrogen functional groups attached to an aromatic ring is 1. The van der Waals surface area contributed by atoms with Crippen molar-refractivity contribution >= 4 is 5.82 Å². The van der Waals surface area contributed by atoms with Crippen LogP contribution in [0.1, 0.15) is 51.0 Å². The first-order valence-corrected chi connectivity index (χ1v) is 7.85. The number of hydrogen-bond acceptors (Lipinski definition) is 6. The van der Waals surface area contributed by atoms with Crippen molar-refractivity contribution < 1.29 is 4.74 Å². The fourth-order valence-electron chi connectivity index (χ4n) is 2.87. The third-order valence-electron chi connectivity index (χ3n) is 4.07. The van der Waals surface area contributed by atoms with Crippen molar-refractivity contribution in [3.8, 4) is 0 Å². The highest BCUT2D eigenvalue weighted by atomic mass is 16.5. The maximum absolute atomic E-state index is 12.7. The molecule has 0 amide bonds. The number of nitrogens with zero attached hydrogens (tertiary/aromatic N) is 5. The molecule has 0 radical (unpaired) electrons. The standard InChI is InChI=1S/C15H22N6O2/c1-9(2)21-14(13-10(3)5-7-23-13)19-20(15(21)22)8-12-17-6-4-11(16)18-12/h4,6,9-10,13H,5,7-8H2,1-3H3,(H2,16,17,18)/t10-,13+/m1/s1. The summed E-state index contributed by atoms with van der Waals surface area (Å²) >= 11 is 0. The summed E-state index contributed by atoms with van der Waals surface area (Å²) in [4.78, 5) is 21.0. The van der Waals surface area contributed by atoms with E-state index in [1.807, 2.05) is 13.8 Å². The number of rotatable bonds is 4. The summed E-state index contributed by atoms with van der Waals surface area (Å²) in [5, 5.41) is 4.51. The van der Waals surface area contributed by atoms with Crippen LogP contribution in [0, 0.1) is 5.92 Å². The van der Waals surface area contributed by atoms with E-state index in [4.69, 9.17) is 10.5 Å². The summed E-state index contributed by atoms with van der Waals surface area (Å²) in [6.45, 7) is 6.94. The number of anilines is 1. The van der Waals surface area contributed by atoms with Crippen molar-refractivity contribution in [1.82, 2.24) is 24.3 Å². The Morgan fingerprint density at radius 2 is 2.26 bits per heavy atom. The van der Waals surface area contributed by atoms with E-state index in [2.05, 4.69) is 22.0 Å². The van der Waals surface area contributed by atoms with Crippen LogP contribution in [0.3, 0.4) is 0 Å². The van der Waals surface area contributed by atoms with Crippen LogP contribution in [-0.2, 0) is 11.3 Å².